The number of Topliss-reactive ketones (excluding diaryl/α,β-unsaturated/α-hetero) is 1. The first-order chi connectivity index (χ1) is 8.04. The fourth-order valence-electron chi connectivity index (χ4n) is 1.63. The van der Waals surface area contributed by atoms with E-state index in [1.165, 1.54) is 7.11 Å². The molecule has 0 spiro atoms. The molecule has 0 aliphatic carbocycles. The number of ketones is 1. The van der Waals surface area contributed by atoms with Crippen LogP contribution in [0.25, 0.3) is 0 Å². The van der Waals surface area contributed by atoms with Gasteiger partial charge in [-0.1, -0.05) is 18.5 Å². The topological polar surface area (TPSA) is 46.5 Å². The van der Waals surface area contributed by atoms with Gasteiger partial charge in [-0.25, -0.2) is 0 Å². The molecule has 0 saturated heterocycles. The Balaban J connectivity index is 3.20. The predicted molar refractivity (Wildman–Crippen MR) is 67.9 cm³/mol. The SMILES string of the molecule is CCC(CO)C(=O)c1cc(Cl)c(C)cc1OC. The number of hydrogen-bond donors (Lipinski definition) is 1. The summed E-state index contributed by atoms with van der Waals surface area (Å²) in [4.78, 5) is 12.2. The zero-order chi connectivity index (χ0) is 13.0. The van der Waals surface area contributed by atoms with E-state index in [1.54, 1.807) is 12.1 Å². The number of rotatable bonds is 5. The molecule has 0 fully saturated rings. The molecule has 1 aromatic carbocycles. The number of halogens is 1. The van der Waals surface area contributed by atoms with Crippen LogP contribution >= 0.6 is 11.6 Å². The number of aryl methyl sites for hydroxylation is 1. The van der Waals surface area contributed by atoms with Crippen LogP contribution in [0.15, 0.2) is 12.1 Å². The van der Waals surface area contributed by atoms with Crippen molar-refractivity contribution in [3.8, 4) is 5.75 Å². The van der Waals surface area contributed by atoms with Crippen molar-refractivity contribution in [3.05, 3.63) is 28.3 Å². The quantitative estimate of drug-likeness (QED) is 0.824. The van der Waals surface area contributed by atoms with Gasteiger partial charge >= 0.3 is 0 Å². The Morgan fingerprint density at radius 2 is 2.18 bits per heavy atom. The van der Waals surface area contributed by atoms with Crippen LogP contribution in [-0.4, -0.2) is 24.6 Å². The molecule has 1 rings (SSSR count). The van der Waals surface area contributed by atoms with E-state index in [4.69, 9.17) is 21.4 Å². The summed E-state index contributed by atoms with van der Waals surface area (Å²) in [6.07, 6.45) is 0.587. The first-order valence-corrected chi connectivity index (χ1v) is 5.92. The lowest BCUT2D eigenvalue weighted by Crippen LogP contribution is -2.18. The Hall–Kier alpha value is -1.06. The van der Waals surface area contributed by atoms with E-state index in [9.17, 15) is 4.79 Å². The smallest absolute Gasteiger partial charge is 0.171 e. The number of ether oxygens (including phenoxy) is 1. The van der Waals surface area contributed by atoms with E-state index >= 15 is 0 Å². The highest BCUT2D eigenvalue weighted by Gasteiger charge is 2.21. The van der Waals surface area contributed by atoms with Crippen LogP contribution in [-0.2, 0) is 0 Å². The minimum Gasteiger partial charge on any atom is -0.496 e. The lowest BCUT2D eigenvalue weighted by Gasteiger charge is -2.14. The van der Waals surface area contributed by atoms with Gasteiger partial charge in [0.05, 0.1) is 19.3 Å². The van der Waals surface area contributed by atoms with Gasteiger partial charge in [-0.3, -0.25) is 4.79 Å². The van der Waals surface area contributed by atoms with E-state index in [1.807, 2.05) is 13.8 Å². The lowest BCUT2D eigenvalue weighted by molar-refractivity contribution is 0.0853. The highest BCUT2D eigenvalue weighted by Crippen LogP contribution is 2.29. The van der Waals surface area contributed by atoms with Gasteiger partial charge in [0.1, 0.15) is 5.75 Å². The van der Waals surface area contributed by atoms with Crippen molar-refractivity contribution in [2.45, 2.75) is 20.3 Å². The molecule has 0 aliphatic rings. The van der Waals surface area contributed by atoms with Crippen molar-refractivity contribution >= 4 is 17.4 Å². The number of aliphatic hydroxyl groups is 1. The number of carbonyl (C=O) groups is 1. The molecule has 1 atom stereocenters. The molecule has 1 N–H and O–H groups in total. The van der Waals surface area contributed by atoms with Crippen LogP contribution < -0.4 is 4.74 Å². The van der Waals surface area contributed by atoms with Gasteiger partial charge in [0.25, 0.3) is 0 Å². The van der Waals surface area contributed by atoms with Gasteiger partial charge in [0, 0.05) is 10.9 Å². The molecule has 1 unspecified atom stereocenters. The van der Waals surface area contributed by atoms with Crippen LogP contribution in [0.3, 0.4) is 0 Å². The Morgan fingerprint density at radius 1 is 1.53 bits per heavy atom. The fraction of sp³-hybridized carbons (Fsp3) is 0.462. The number of hydrogen-bond acceptors (Lipinski definition) is 3. The van der Waals surface area contributed by atoms with Gasteiger partial charge in [-0.2, -0.15) is 0 Å². The minimum absolute atomic E-state index is 0.131. The Labute approximate surface area is 106 Å². The summed E-state index contributed by atoms with van der Waals surface area (Å²) in [7, 11) is 1.51. The van der Waals surface area contributed by atoms with Gasteiger partial charge in [0.15, 0.2) is 5.78 Å². The number of benzene rings is 1. The molecule has 0 heterocycles. The molecule has 4 heteroatoms. The molecule has 0 aliphatic heterocycles. The summed E-state index contributed by atoms with van der Waals surface area (Å²) in [6.45, 7) is 3.55. The Morgan fingerprint density at radius 3 is 2.65 bits per heavy atom. The first kappa shape index (κ1) is 14.0. The summed E-state index contributed by atoms with van der Waals surface area (Å²) >= 11 is 6.01. The fourth-order valence-corrected chi connectivity index (χ4v) is 1.80. The van der Waals surface area contributed by atoms with Crippen molar-refractivity contribution < 1.29 is 14.6 Å². The lowest BCUT2D eigenvalue weighted by atomic mass is 9.94. The standard InChI is InChI=1S/C13H17ClO3/c1-4-9(7-15)13(16)10-6-11(14)8(2)5-12(10)17-3/h5-6,9,15H,4,7H2,1-3H3. The van der Waals surface area contributed by atoms with Crippen molar-refractivity contribution in [2.24, 2.45) is 5.92 Å². The molecule has 0 aromatic heterocycles. The third-order valence-electron chi connectivity index (χ3n) is 2.83. The molecular formula is C13H17ClO3. The van der Waals surface area contributed by atoms with Crippen molar-refractivity contribution in [3.63, 3.8) is 0 Å². The Kier molecular flexibility index (Phi) is 4.97. The summed E-state index contributed by atoms with van der Waals surface area (Å²) in [5.74, 6) is -0.0276. The molecule has 17 heavy (non-hydrogen) atoms. The Bertz CT molecular complexity index is 411. The van der Waals surface area contributed by atoms with E-state index in [0.717, 1.165) is 5.56 Å². The maximum absolute atomic E-state index is 12.2. The summed E-state index contributed by atoms with van der Waals surface area (Å²) in [6, 6.07) is 3.34. The van der Waals surface area contributed by atoms with Crippen molar-refractivity contribution in [1.29, 1.82) is 0 Å². The third-order valence-corrected chi connectivity index (χ3v) is 3.24. The summed E-state index contributed by atoms with van der Waals surface area (Å²) in [5.41, 5.74) is 1.29. The molecule has 1 aromatic rings. The molecule has 0 radical (unpaired) electrons. The zero-order valence-electron chi connectivity index (χ0n) is 10.3. The largest absolute Gasteiger partial charge is 0.496 e. The second-order valence-corrected chi connectivity index (χ2v) is 4.36. The maximum atomic E-state index is 12.2. The average molecular weight is 257 g/mol. The van der Waals surface area contributed by atoms with E-state index in [2.05, 4.69) is 0 Å². The highest BCUT2D eigenvalue weighted by molar-refractivity contribution is 6.31. The maximum Gasteiger partial charge on any atom is 0.171 e. The van der Waals surface area contributed by atoms with Gasteiger partial charge in [-0.05, 0) is 31.0 Å². The second-order valence-electron chi connectivity index (χ2n) is 3.95. The van der Waals surface area contributed by atoms with Gasteiger partial charge < -0.3 is 9.84 Å². The first-order valence-electron chi connectivity index (χ1n) is 5.54. The van der Waals surface area contributed by atoms with Crippen LogP contribution in [0.1, 0.15) is 29.3 Å². The molecule has 0 amide bonds. The summed E-state index contributed by atoms with van der Waals surface area (Å²) in [5, 5.41) is 9.68. The van der Waals surface area contributed by atoms with E-state index in [-0.39, 0.29) is 12.4 Å². The molecular weight excluding hydrogens is 240 g/mol. The van der Waals surface area contributed by atoms with E-state index < -0.39 is 5.92 Å². The molecule has 0 saturated carbocycles. The monoisotopic (exact) mass is 256 g/mol. The third kappa shape index (κ3) is 2.99. The van der Waals surface area contributed by atoms with Crippen LogP contribution in [0.4, 0.5) is 0 Å². The predicted octanol–water partition coefficient (Wildman–Crippen LogP) is 2.86. The van der Waals surface area contributed by atoms with Crippen LogP contribution in [0, 0.1) is 12.8 Å². The zero-order valence-corrected chi connectivity index (χ0v) is 11.0. The van der Waals surface area contributed by atoms with Gasteiger partial charge in [-0.15, -0.1) is 0 Å². The normalized spacial score (nSPS) is 12.3. The summed E-state index contributed by atoms with van der Waals surface area (Å²) < 4.78 is 5.18. The number of carbonyl (C=O) groups excluding carboxylic acids is 1. The second kappa shape index (κ2) is 6.03. The van der Waals surface area contributed by atoms with E-state index in [0.29, 0.717) is 22.8 Å². The van der Waals surface area contributed by atoms with Crippen molar-refractivity contribution in [2.75, 3.05) is 13.7 Å². The molecule has 3 nitrogen and oxygen atoms in total. The molecule has 0 bridgehead atoms. The number of methoxy groups -OCH3 is 1. The molecule has 94 valence electrons. The van der Waals surface area contributed by atoms with Crippen molar-refractivity contribution in [1.82, 2.24) is 0 Å². The average Bonchev–Trinajstić information content (AvgIpc) is 2.33. The van der Waals surface area contributed by atoms with Crippen LogP contribution in [0.5, 0.6) is 5.75 Å². The minimum atomic E-state index is -0.400. The van der Waals surface area contributed by atoms with Gasteiger partial charge in [0.2, 0.25) is 0 Å². The number of aliphatic hydroxyl groups excluding tert-OH is 1. The highest BCUT2D eigenvalue weighted by atomic mass is 35.5. The van der Waals surface area contributed by atoms with Crippen LogP contribution in [0.2, 0.25) is 5.02 Å².